The molecule has 0 heterocycles. The normalized spacial score (nSPS) is 15.0. The van der Waals surface area contributed by atoms with Crippen molar-refractivity contribution in [3.63, 3.8) is 0 Å². The minimum atomic E-state index is 0.749. The molecule has 0 saturated heterocycles. The molecule has 0 radical (unpaired) electrons. The Labute approximate surface area is 125 Å². The Morgan fingerprint density at radius 2 is 1.95 bits per heavy atom. The number of likely N-dealkylation sites (N-methyl/N-ethyl adjacent to an activating group) is 2. The zero-order valence-electron chi connectivity index (χ0n) is 12.1. The van der Waals surface area contributed by atoms with Gasteiger partial charge in [-0.05, 0) is 50.7 Å². The minimum absolute atomic E-state index is 0.749. The molecule has 1 aliphatic rings. The summed E-state index contributed by atoms with van der Waals surface area (Å²) >= 11 is 3.58. The maximum Gasteiger partial charge on any atom is 0.0410 e. The van der Waals surface area contributed by atoms with E-state index in [9.17, 15) is 0 Å². The van der Waals surface area contributed by atoms with E-state index in [4.69, 9.17) is 0 Å². The van der Waals surface area contributed by atoms with Crippen LogP contribution in [0.3, 0.4) is 0 Å². The monoisotopic (exact) mass is 325 g/mol. The zero-order valence-corrected chi connectivity index (χ0v) is 13.7. The van der Waals surface area contributed by atoms with Gasteiger partial charge in [-0.1, -0.05) is 15.9 Å². The van der Waals surface area contributed by atoms with Gasteiger partial charge in [0.25, 0.3) is 0 Å². The number of hydrogen-bond acceptors (Lipinski definition) is 3. The van der Waals surface area contributed by atoms with Crippen molar-refractivity contribution in [3.05, 3.63) is 28.2 Å². The van der Waals surface area contributed by atoms with Crippen LogP contribution in [0.15, 0.2) is 22.7 Å². The van der Waals surface area contributed by atoms with Crippen molar-refractivity contribution in [1.82, 2.24) is 10.2 Å². The van der Waals surface area contributed by atoms with Crippen LogP contribution in [0.5, 0.6) is 0 Å². The molecule has 4 heteroatoms. The molecule has 0 unspecified atom stereocenters. The van der Waals surface area contributed by atoms with Crippen LogP contribution in [0.1, 0.15) is 18.4 Å². The Hall–Kier alpha value is -0.580. The predicted octanol–water partition coefficient (Wildman–Crippen LogP) is 2.70. The molecule has 1 N–H and O–H groups in total. The van der Waals surface area contributed by atoms with Gasteiger partial charge in [0.1, 0.15) is 0 Å². The SMILES string of the molecule is CN(C)CCN(C)c1ccc(Br)cc1CNC1CC1. The molecule has 2 rings (SSSR count). The second-order valence-corrected chi connectivity index (χ2v) is 6.57. The Balaban J connectivity index is 2.03. The van der Waals surface area contributed by atoms with E-state index in [2.05, 4.69) is 70.4 Å². The minimum Gasteiger partial charge on any atom is -0.373 e. The fraction of sp³-hybridized carbons (Fsp3) is 0.600. The average Bonchev–Trinajstić information content (AvgIpc) is 3.17. The van der Waals surface area contributed by atoms with Gasteiger partial charge in [-0.15, -0.1) is 0 Å². The Kier molecular flexibility index (Phi) is 5.25. The van der Waals surface area contributed by atoms with Crippen LogP contribution in [0, 0.1) is 0 Å². The Morgan fingerprint density at radius 1 is 1.21 bits per heavy atom. The van der Waals surface area contributed by atoms with Crippen molar-refractivity contribution in [1.29, 1.82) is 0 Å². The number of nitrogens with one attached hydrogen (secondary N) is 1. The van der Waals surface area contributed by atoms with Gasteiger partial charge in [-0.2, -0.15) is 0 Å². The van der Waals surface area contributed by atoms with Crippen molar-refractivity contribution in [2.45, 2.75) is 25.4 Å². The molecule has 1 aromatic rings. The quantitative estimate of drug-likeness (QED) is 0.831. The van der Waals surface area contributed by atoms with Gasteiger partial charge < -0.3 is 15.1 Å². The molecule has 19 heavy (non-hydrogen) atoms. The highest BCUT2D eigenvalue weighted by molar-refractivity contribution is 9.10. The number of halogens is 1. The first-order valence-electron chi connectivity index (χ1n) is 6.94. The lowest BCUT2D eigenvalue weighted by Crippen LogP contribution is -2.29. The van der Waals surface area contributed by atoms with Gasteiger partial charge in [-0.25, -0.2) is 0 Å². The first-order valence-corrected chi connectivity index (χ1v) is 7.73. The third-order valence-electron chi connectivity index (χ3n) is 3.49. The van der Waals surface area contributed by atoms with Gasteiger partial charge in [0.2, 0.25) is 0 Å². The Morgan fingerprint density at radius 3 is 2.58 bits per heavy atom. The molecule has 1 aromatic carbocycles. The summed E-state index contributed by atoms with van der Waals surface area (Å²) in [6.07, 6.45) is 2.67. The van der Waals surface area contributed by atoms with Crippen molar-refractivity contribution < 1.29 is 0 Å². The standard InChI is InChI=1S/C15H24BrN3/c1-18(2)8-9-19(3)15-7-4-13(16)10-12(15)11-17-14-5-6-14/h4,7,10,14,17H,5-6,8-9,11H2,1-3H3. The van der Waals surface area contributed by atoms with E-state index in [0.717, 1.165) is 30.1 Å². The molecule has 0 aliphatic heterocycles. The molecule has 1 saturated carbocycles. The lowest BCUT2D eigenvalue weighted by Gasteiger charge is -2.24. The number of anilines is 1. The van der Waals surface area contributed by atoms with Crippen LogP contribution >= 0.6 is 15.9 Å². The van der Waals surface area contributed by atoms with E-state index in [-0.39, 0.29) is 0 Å². The van der Waals surface area contributed by atoms with Gasteiger partial charge in [0.15, 0.2) is 0 Å². The molecule has 3 nitrogen and oxygen atoms in total. The molecule has 0 aromatic heterocycles. The first kappa shape index (κ1) is 14.8. The summed E-state index contributed by atoms with van der Waals surface area (Å²) in [6, 6.07) is 7.32. The number of benzene rings is 1. The highest BCUT2D eigenvalue weighted by Crippen LogP contribution is 2.26. The molecule has 106 valence electrons. The van der Waals surface area contributed by atoms with Gasteiger partial charge in [0, 0.05) is 42.9 Å². The number of rotatable bonds is 7. The van der Waals surface area contributed by atoms with Crippen molar-refractivity contribution >= 4 is 21.6 Å². The molecular formula is C15H24BrN3. The van der Waals surface area contributed by atoms with Gasteiger partial charge >= 0.3 is 0 Å². The maximum atomic E-state index is 3.60. The van der Waals surface area contributed by atoms with Gasteiger partial charge in [-0.3, -0.25) is 0 Å². The second kappa shape index (κ2) is 6.73. The van der Waals surface area contributed by atoms with Crippen LogP contribution in [0.4, 0.5) is 5.69 Å². The summed E-state index contributed by atoms with van der Waals surface area (Å²) < 4.78 is 1.16. The van der Waals surface area contributed by atoms with E-state index < -0.39 is 0 Å². The van der Waals surface area contributed by atoms with Gasteiger partial charge in [0.05, 0.1) is 0 Å². The van der Waals surface area contributed by atoms with Crippen LogP contribution in [-0.4, -0.2) is 45.2 Å². The molecule has 0 atom stereocenters. The highest BCUT2D eigenvalue weighted by Gasteiger charge is 2.20. The highest BCUT2D eigenvalue weighted by atomic mass is 79.9. The summed E-state index contributed by atoms with van der Waals surface area (Å²) in [5.74, 6) is 0. The molecule has 0 bridgehead atoms. The van der Waals surface area contributed by atoms with E-state index in [1.54, 1.807) is 0 Å². The van der Waals surface area contributed by atoms with Crippen LogP contribution in [-0.2, 0) is 6.54 Å². The molecule has 0 spiro atoms. The molecule has 0 amide bonds. The van der Waals surface area contributed by atoms with E-state index in [0.29, 0.717) is 0 Å². The molecule has 1 aliphatic carbocycles. The topological polar surface area (TPSA) is 18.5 Å². The molecule has 1 fully saturated rings. The number of hydrogen-bond donors (Lipinski definition) is 1. The van der Waals surface area contributed by atoms with E-state index in [1.165, 1.54) is 24.1 Å². The van der Waals surface area contributed by atoms with Crippen molar-refractivity contribution in [2.75, 3.05) is 39.1 Å². The summed E-state index contributed by atoms with van der Waals surface area (Å²) in [5.41, 5.74) is 2.71. The number of nitrogens with zero attached hydrogens (tertiary/aromatic N) is 2. The smallest absolute Gasteiger partial charge is 0.0410 e. The summed E-state index contributed by atoms with van der Waals surface area (Å²) in [4.78, 5) is 4.56. The second-order valence-electron chi connectivity index (χ2n) is 5.65. The fourth-order valence-corrected chi connectivity index (χ4v) is 2.49. The summed E-state index contributed by atoms with van der Waals surface area (Å²) in [6.45, 7) is 3.08. The van der Waals surface area contributed by atoms with Crippen LogP contribution in [0.2, 0.25) is 0 Å². The zero-order chi connectivity index (χ0) is 13.8. The lowest BCUT2D eigenvalue weighted by molar-refractivity contribution is 0.416. The summed E-state index contributed by atoms with van der Waals surface area (Å²) in [5, 5.41) is 3.60. The van der Waals surface area contributed by atoms with Crippen LogP contribution < -0.4 is 10.2 Å². The Bertz CT molecular complexity index is 416. The molecular weight excluding hydrogens is 302 g/mol. The largest absolute Gasteiger partial charge is 0.373 e. The lowest BCUT2D eigenvalue weighted by atomic mass is 10.1. The predicted molar refractivity (Wildman–Crippen MR) is 85.8 cm³/mol. The fourth-order valence-electron chi connectivity index (χ4n) is 2.08. The van der Waals surface area contributed by atoms with Crippen molar-refractivity contribution in [2.24, 2.45) is 0 Å². The average molecular weight is 326 g/mol. The maximum absolute atomic E-state index is 3.60. The summed E-state index contributed by atoms with van der Waals surface area (Å²) in [7, 11) is 6.41. The van der Waals surface area contributed by atoms with E-state index in [1.807, 2.05) is 0 Å². The third kappa shape index (κ3) is 4.79. The van der Waals surface area contributed by atoms with E-state index >= 15 is 0 Å². The first-order chi connectivity index (χ1) is 9.06. The van der Waals surface area contributed by atoms with Crippen LogP contribution in [0.25, 0.3) is 0 Å². The third-order valence-corrected chi connectivity index (χ3v) is 3.99. The van der Waals surface area contributed by atoms with Crippen molar-refractivity contribution in [3.8, 4) is 0 Å².